The van der Waals surface area contributed by atoms with Gasteiger partial charge in [0, 0.05) is 49.4 Å². The summed E-state index contributed by atoms with van der Waals surface area (Å²) >= 11 is 6.03. The first-order valence-corrected chi connectivity index (χ1v) is 11.2. The number of rotatable bonds is 6. The van der Waals surface area contributed by atoms with E-state index in [9.17, 15) is 22.8 Å². The molecule has 0 unspecified atom stereocenters. The van der Waals surface area contributed by atoms with Gasteiger partial charge in [0.25, 0.3) is 0 Å². The summed E-state index contributed by atoms with van der Waals surface area (Å²) in [4.78, 5) is 27.2. The first kappa shape index (κ1) is 23.9. The molecule has 0 spiro atoms. The van der Waals surface area contributed by atoms with E-state index in [-0.39, 0.29) is 31.3 Å². The summed E-state index contributed by atoms with van der Waals surface area (Å²) in [7, 11) is 0. The van der Waals surface area contributed by atoms with E-state index < -0.39 is 17.6 Å². The third-order valence-corrected chi connectivity index (χ3v) is 6.11. The molecule has 1 N–H and O–H groups in total. The van der Waals surface area contributed by atoms with Crippen LogP contribution in [0.5, 0.6) is 0 Å². The Morgan fingerprint density at radius 2 is 1.76 bits per heavy atom. The van der Waals surface area contributed by atoms with Gasteiger partial charge in [-0.3, -0.25) is 9.59 Å². The molecule has 1 aliphatic rings. The van der Waals surface area contributed by atoms with Crippen LogP contribution in [0.25, 0.3) is 0 Å². The van der Waals surface area contributed by atoms with E-state index in [1.54, 1.807) is 17.0 Å². The maximum atomic E-state index is 13.1. The van der Waals surface area contributed by atoms with Gasteiger partial charge in [0.05, 0.1) is 11.6 Å². The molecule has 0 bridgehead atoms. The molecule has 0 saturated heterocycles. The number of amides is 2. The summed E-state index contributed by atoms with van der Waals surface area (Å²) in [6.45, 7) is 1.11. The van der Waals surface area contributed by atoms with Crippen molar-refractivity contribution in [2.45, 2.75) is 38.1 Å². The zero-order valence-electron chi connectivity index (χ0n) is 18.2. The van der Waals surface area contributed by atoms with Gasteiger partial charge in [0.1, 0.15) is 0 Å². The fourth-order valence-corrected chi connectivity index (χ4v) is 4.28. The van der Waals surface area contributed by atoms with E-state index in [2.05, 4.69) is 9.88 Å². The second-order valence-corrected chi connectivity index (χ2v) is 8.58. The van der Waals surface area contributed by atoms with Crippen LogP contribution in [0, 0.1) is 0 Å². The monoisotopic (exact) mass is 489 g/mol. The average molecular weight is 490 g/mol. The van der Waals surface area contributed by atoms with Crippen molar-refractivity contribution in [3.63, 3.8) is 0 Å². The normalized spacial score (nSPS) is 15.6. The van der Waals surface area contributed by atoms with Crippen molar-refractivity contribution in [3.05, 3.63) is 94.3 Å². The number of carbonyl (C=O) groups excluding carboxylic acids is 2. The van der Waals surface area contributed by atoms with Crippen LogP contribution in [0.3, 0.4) is 0 Å². The second kappa shape index (κ2) is 9.93. The number of nitrogens with zero attached hydrogens (tertiary/aromatic N) is 2. The molecule has 1 aromatic heterocycles. The van der Waals surface area contributed by atoms with Crippen LogP contribution in [0.15, 0.2) is 66.9 Å². The Hall–Kier alpha value is -3.26. The number of alkyl halides is 3. The molecule has 1 aliphatic heterocycles. The molecule has 2 heterocycles. The quantitative estimate of drug-likeness (QED) is 0.518. The smallest absolute Gasteiger partial charge is 0.352 e. The maximum absolute atomic E-state index is 13.1. The van der Waals surface area contributed by atoms with Gasteiger partial charge in [-0.25, -0.2) is 0 Å². The third kappa shape index (κ3) is 5.44. The van der Waals surface area contributed by atoms with Gasteiger partial charge in [0.15, 0.2) is 0 Å². The molecule has 0 aliphatic carbocycles. The van der Waals surface area contributed by atoms with Crippen LogP contribution in [-0.4, -0.2) is 27.8 Å². The molecule has 34 heavy (non-hydrogen) atoms. The summed E-state index contributed by atoms with van der Waals surface area (Å²) in [6.07, 6.45) is -2.52. The van der Waals surface area contributed by atoms with Crippen molar-refractivity contribution in [1.29, 1.82) is 0 Å². The van der Waals surface area contributed by atoms with Gasteiger partial charge in [-0.05, 0) is 47.5 Å². The third-order valence-electron chi connectivity index (χ3n) is 5.85. The highest BCUT2D eigenvalue weighted by Crippen LogP contribution is 2.33. The average Bonchev–Trinajstić information content (AvgIpc) is 3.30. The molecule has 0 fully saturated rings. The van der Waals surface area contributed by atoms with Crippen LogP contribution in [0.4, 0.5) is 13.2 Å². The number of halogens is 4. The lowest BCUT2D eigenvalue weighted by Crippen LogP contribution is -2.42. The number of benzene rings is 2. The summed E-state index contributed by atoms with van der Waals surface area (Å²) in [5.74, 6) is -0.559. The standard InChI is InChI=1S/C25H23ClF3N3O2/c26-20-8-6-18(7-9-20)24-21-5-2-12-31(21)13-14-32(24)23(34)11-10-22(33)30-16-17-3-1-4-19(15-17)25(27,28)29/h1-9,12,15,24H,10-11,13-14,16H2,(H,30,33)/t24-/m0/s1. The molecular formula is C25H23ClF3N3O2. The van der Waals surface area contributed by atoms with E-state index >= 15 is 0 Å². The SMILES string of the molecule is O=C(CCC(=O)N1CCn2cccc2[C@@H]1c1ccc(Cl)cc1)NCc1cccc(C(F)(F)F)c1. The van der Waals surface area contributed by atoms with Crippen molar-refractivity contribution < 1.29 is 22.8 Å². The van der Waals surface area contributed by atoms with Crippen LogP contribution in [0.2, 0.25) is 5.02 Å². The van der Waals surface area contributed by atoms with Crippen molar-refractivity contribution in [2.75, 3.05) is 6.54 Å². The molecule has 4 rings (SSSR count). The van der Waals surface area contributed by atoms with Crippen LogP contribution >= 0.6 is 11.6 Å². The van der Waals surface area contributed by atoms with Crippen LogP contribution in [-0.2, 0) is 28.9 Å². The highest BCUT2D eigenvalue weighted by molar-refractivity contribution is 6.30. The summed E-state index contributed by atoms with van der Waals surface area (Å²) < 4.78 is 40.7. The molecule has 0 saturated carbocycles. The van der Waals surface area contributed by atoms with Gasteiger partial charge in [-0.2, -0.15) is 13.2 Å². The Labute approximate surface area is 200 Å². The lowest BCUT2D eigenvalue weighted by molar-refractivity contribution is -0.137. The van der Waals surface area contributed by atoms with Crippen LogP contribution in [0.1, 0.15) is 41.3 Å². The molecule has 1 atom stereocenters. The van der Waals surface area contributed by atoms with Crippen molar-refractivity contribution in [3.8, 4) is 0 Å². The molecule has 2 aromatic carbocycles. The largest absolute Gasteiger partial charge is 0.416 e. The first-order valence-electron chi connectivity index (χ1n) is 10.8. The Kier molecular flexibility index (Phi) is 6.97. The minimum absolute atomic E-state index is 0.000771. The summed E-state index contributed by atoms with van der Waals surface area (Å²) in [6, 6.07) is 15.8. The number of aromatic nitrogens is 1. The molecule has 3 aromatic rings. The second-order valence-electron chi connectivity index (χ2n) is 8.14. The number of carbonyl (C=O) groups is 2. The zero-order chi connectivity index (χ0) is 24.3. The molecular weight excluding hydrogens is 467 g/mol. The van der Waals surface area contributed by atoms with Crippen molar-refractivity contribution in [1.82, 2.24) is 14.8 Å². The molecule has 2 amide bonds. The van der Waals surface area contributed by atoms with E-state index in [1.165, 1.54) is 12.1 Å². The molecule has 9 heteroatoms. The highest BCUT2D eigenvalue weighted by atomic mass is 35.5. The van der Waals surface area contributed by atoms with Crippen LogP contribution < -0.4 is 5.32 Å². The topological polar surface area (TPSA) is 54.3 Å². The van der Waals surface area contributed by atoms with E-state index in [0.717, 1.165) is 23.4 Å². The number of hydrogen-bond donors (Lipinski definition) is 1. The first-order chi connectivity index (χ1) is 16.2. The molecule has 178 valence electrons. The minimum Gasteiger partial charge on any atom is -0.352 e. The fourth-order valence-electron chi connectivity index (χ4n) is 4.16. The predicted molar refractivity (Wildman–Crippen MR) is 122 cm³/mol. The summed E-state index contributed by atoms with van der Waals surface area (Å²) in [5.41, 5.74) is 1.48. The number of fused-ring (bicyclic) bond motifs is 1. The fraction of sp³-hybridized carbons (Fsp3) is 0.280. The Bertz CT molecular complexity index is 1170. The van der Waals surface area contributed by atoms with Gasteiger partial charge < -0.3 is 14.8 Å². The Morgan fingerprint density at radius 3 is 2.50 bits per heavy atom. The predicted octanol–water partition coefficient (Wildman–Crippen LogP) is 5.19. The van der Waals surface area contributed by atoms with E-state index in [0.29, 0.717) is 23.7 Å². The highest BCUT2D eigenvalue weighted by Gasteiger charge is 2.32. The van der Waals surface area contributed by atoms with Gasteiger partial charge in [-0.15, -0.1) is 0 Å². The molecule has 0 radical (unpaired) electrons. The number of hydrogen-bond acceptors (Lipinski definition) is 2. The lowest BCUT2D eigenvalue weighted by Gasteiger charge is -2.37. The lowest BCUT2D eigenvalue weighted by atomic mass is 9.99. The van der Waals surface area contributed by atoms with Gasteiger partial charge >= 0.3 is 6.18 Å². The van der Waals surface area contributed by atoms with E-state index in [4.69, 9.17) is 11.6 Å². The van der Waals surface area contributed by atoms with Gasteiger partial charge in [-0.1, -0.05) is 35.9 Å². The maximum Gasteiger partial charge on any atom is 0.416 e. The molecule has 5 nitrogen and oxygen atoms in total. The van der Waals surface area contributed by atoms with Crippen molar-refractivity contribution in [2.24, 2.45) is 0 Å². The number of nitrogens with one attached hydrogen (secondary N) is 1. The minimum atomic E-state index is -4.44. The van der Waals surface area contributed by atoms with Crippen molar-refractivity contribution >= 4 is 23.4 Å². The Balaban J connectivity index is 1.38. The summed E-state index contributed by atoms with van der Waals surface area (Å²) in [5, 5.41) is 3.20. The zero-order valence-corrected chi connectivity index (χ0v) is 18.9. The van der Waals surface area contributed by atoms with E-state index in [1.807, 2.05) is 30.5 Å². The van der Waals surface area contributed by atoms with Gasteiger partial charge in [0.2, 0.25) is 11.8 Å². The Morgan fingerprint density at radius 1 is 1.00 bits per heavy atom.